The number of amides is 1. The number of methoxy groups -OCH3 is 2. The van der Waals surface area contributed by atoms with Crippen LogP contribution in [0.2, 0.25) is 0 Å². The first-order chi connectivity index (χ1) is 17.7. The Balaban J connectivity index is 1.29. The zero-order valence-corrected chi connectivity index (χ0v) is 21.3. The van der Waals surface area contributed by atoms with Crippen molar-refractivity contribution in [3.63, 3.8) is 0 Å². The standard InChI is InChI=1S/C27H29N5O3S/c1-34-22-8-7-17(15-23(22)35-2)24-19-5-3-4-6-20(19)27(33)32(30-24)18-9-12-31(13-10-18)26-25-21(11-14-36-25)28-16-29-26/h3-4,7-8,11,14-16,18-20H,5-6,9-10,12-13H2,1-2H3/t19-,20+/m0/s1. The van der Waals surface area contributed by atoms with Crippen LogP contribution in [0, 0.1) is 11.8 Å². The molecule has 2 atom stereocenters. The summed E-state index contributed by atoms with van der Waals surface area (Å²) in [5.74, 6) is 2.48. The van der Waals surface area contributed by atoms with Crippen LogP contribution in [-0.4, -0.2) is 59.9 Å². The number of carbonyl (C=O) groups excluding carboxylic acids is 1. The molecule has 0 bridgehead atoms. The predicted octanol–water partition coefficient (Wildman–Crippen LogP) is 4.51. The monoisotopic (exact) mass is 503 g/mol. The van der Waals surface area contributed by atoms with E-state index in [1.54, 1.807) is 36.9 Å². The molecular formula is C27H29N5O3S. The van der Waals surface area contributed by atoms with Gasteiger partial charge in [0.2, 0.25) is 5.91 Å². The van der Waals surface area contributed by atoms with Gasteiger partial charge in [-0.25, -0.2) is 15.0 Å². The van der Waals surface area contributed by atoms with Crippen molar-refractivity contribution in [2.24, 2.45) is 16.9 Å². The second-order valence-electron chi connectivity index (χ2n) is 9.44. The minimum atomic E-state index is -0.0822. The predicted molar refractivity (Wildman–Crippen MR) is 141 cm³/mol. The smallest absolute Gasteiger partial charge is 0.247 e. The van der Waals surface area contributed by atoms with Gasteiger partial charge in [0, 0.05) is 24.6 Å². The van der Waals surface area contributed by atoms with Crippen molar-refractivity contribution in [2.75, 3.05) is 32.2 Å². The van der Waals surface area contributed by atoms with Gasteiger partial charge in [-0.15, -0.1) is 11.3 Å². The van der Waals surface area contributed by atoms with Crippen LogP contribution in [-0.2, 0) is 4.79 Å². The average Bonchev–Trinajstić information content (AvgIpc) is 3.42. The number of hydrogen-bond acceptors (Lipinski definition) is 8. The fourth-order valence-corrected chi connectivity index (χ4v) is 6.51. The Bertz CT molecular complexity index is 1340. The number of benzene rings is 1. The van der Waals surface area contributed by atoms with Crippen molar-refractivity contribution >= 4 is 39.0 Å². The van der Waals surface area contributed by atoms with E-state index in [1.165, 1.54) is 0 Å². The quantitative estimate of drug-likeness (QED) is 0.477. The Morgan fingerprint density at radius 1 is 0.972 bits per heavy atom. The number of anilines is 1. The van der Waals surface area contributed by atoms with Crippen LogP contribution in [0.1, 0.15) is 31.2 Å². The minimum Gasteiger partial charge on any atom is -0.493 e. The van der Waals surface area contributed by atoms with Gasteiger partial charge in [-0.3, -0.25) is 4.79 Å². The number of hydrogen-bond donors (Lipinski definition) is 0. The lowest BCUT2D eigenvalue weighted by Gasteiger charge is -2.42. The van der Waals surface area contributed by atoms with Gasteiger partial charge in [-0.1, -0.05) is 12.2 Å². The second-order valence-corrected chi connectivity index (χ2v) is 10.4. The largest absolute Gasteiger partial charge is 0.493 e. The zero-order valence-electron chi connectivity index (χ0n) is 20.5. The van der Waals surface area contributed by atoms with E-state index in [9.17, 15) is 4.79 Å². The Morgan fingerprint density at radius 3 is 2.53 bits per heavy atom. The molecule has 9 heteroatoms. The van der Waals surface area contributed by atoms with E-state index in [-0.39, 0.29) is 23.8 Å². The second kappa shape index (κ2) is 9.54. The molecule has 0 unspecified atom stereocenters. The van der Waals surface area contributed by atoms with Crippen molar-refractivity contribution in [2.45, 2.75) is 31.7 Å². The number of carbonyl (C=O) groups is 1. The Kier molecular flexibility index (Phi) is 6.08. The highest BCUT2D eigenvalue weighted by molar-refractivity contribution is 7.17. The van der Waals surface area contributed by atoms with Gasteiger partial charge in [0.05, 0.1) is 42.1 Å². The van der Waals surface area contributed by atoms with E-state index in [1.807, 2.05) is 24.3 Å². The molecule has 1 fully saturated rings. The van der Waals surface area contributed by atoms with Crippen LogP contribution >= 0.6 is 11.3 Å². The van der Waals surface area contributed by atoms with Gasteiger partial charge in [0.1, 0.15) is 12.1 Å². The summed E-state index contributed by atoms with van der Waals surface area (Å²) in [6.45, 7) is 1.65. The summed E-state index contributed by atoms with van der Waals surface area (Å²) in [6.07, 6.45) is 9.21. The maximum Gasteiger partial charge on any atom is 0.247 e. The molecule has 0 saturated carbocycles. The summed E-state index contributed by atoms with van der Waals surface area (Å²) in [4.78, 5) is 24.9. The molecule has 186 valence electrons. The summed E-state index contributed by atoms with van der Waals surface area (Å²) in [5, 5.41) is 8.89. The van der Waals surface area contributed by atoms with Crippen LogP contribution in [0.5, 0.6) is 11.5 Å². The summed E-state index contributed by atoms with van der Waals surface area (Å²) in [6, 6.07) is 8.01. The highest BCUT2D eigenvalue weighted by atomic mass is 32.1. The van der Waals surface area contributed by atoms with Crippen molar-refractivity contribution in [1.82, 2.24) is 15.0 Å². The van der Waals surface area contributed by atoms with Crippen molar-refractivity contribution in [1.29, 1.82) is 0 Å². The van der Waals surface area contributed by atoms with E-state index in [2.05, 4.69) is 32.4 Å². The number of thiophene rings is 1. The summed E-state index contributed by atoms with van der Waals surface area (Å²) >= 11 is 1.67. The Morgan fingerprint density at radius 2 is 1.75 bits per heavy atom. The third kappa shape index (κ3) is 3.91. The number of allylic oxidation sites excluding steroid dienone is 2. The van der Waals surface area contributed by atoms with Crippen LogP contribution in [0.4, 0.5) is 5.82 Å². The third-order valence-corrected chi connectivity index (χ3v) is 8.46. The first-order valence-corrected chi connectivity index (χ1v) is 13.3. The molecule has 1 aromatic carbocycles. The number of ether oxygens (including phenoxy) is 2. The first kappa shape index (κ1) is 23.0. The molecule has 4 heterocycles. The summed E-state index contributed by atoms with van der Waals surface area (Å²) < 4.78 is 12.1. The number of nitrogens with zero attached hydrogens (tertiary/aromatic N) is 5. The third-order valence-electron chi connectivity index (χ3n) is 7.56. The number of aromatic nitrogens is 2. The first-order valence-electron chi connectivity index (χ1n) is 12.4. The number of hydrazone groups is 1. The molecule has 3 aromatic rings. The van der Waals surface area contributed by atoms with Gasteiger partial charge in [0.15, 0.2) is 11.5 Å². The highest BCUT2D eigenvalue weighted by Gasteiger charge is 2.43. The SMILES string of the molecule is COc1ccc(C2=NN(C3CCN(c4ncnc5ccsc45)CC3)C(=O)[C@@H]3CC=CC[C@H]23)cc1OC. The molecule has 1 aliphatic carbocycles. The van der Waals surface area contributed by atoms with E-state index in [0.717, 1.165) is 66.1 Å². The van der Waals surface area contributed by atoms with E-state index < -0.39 is 0 Å². The van der Waals surface area contributed by atoms with Gasteiger partial charge < -0.3 is 14.4 Å². The van der Waals surface area contributed by atoms with E-state index in [0.29, 0.717) is 11.5 Å². The van der Waals surface area contributed by atoms with Gasteiger partial charge in [0.25, 0.3) is 0 Å². The van der Waals surface area contributed by atoms with Crippen LogP contribution in [0.15, 0.2) is 53.2 Å². The Labute approximate surface area is 214 Å². The topological polar surface area (TPSA) is 80.2 Å². The number of rotatable bonds is 5. The fourth-order valence-electron chi connectivity index (χ4n) is 5.65. The minimum absolute atomic E-state index is 0.0661. The van der Waals surface area contributed by atoms with Crippen molar-refractivity contribution < 1.29 is 14.3 Å². The zero-order chi connectivity index (χ0) is 24.6. The molecule has 0 radical (unpaired) electrons. The van der Waals surface area contributed by atoms with E-state index >= 15 is 0 Å². The molecular weight excluding hydrogens is 474 g/mol. The molecule has 36 heavy (non-hydrogen) atoms. The van der Waals surface area contributed by atoms with Gasteiger partial charge in [-0.2, -0.15) is 5.10 Å². The molecule has 3 aliphatic rings. The molecule has 0 spiro atoms. The Hall–Kier alpha value is -3.46. The van der Waals surface area contributed by atoms with Crippen LogP contribution in [0.3, 0.4) is 0 Å². The lowest BCUT2D eigenvalue weighted by molar-refractivity contribution is -0.140. The lowest BCUT2D eigenvalue weighted by atomic mass is 9.76. The fraction of sp³-hybridized carbons (Fsp3) is 0.407. The molecule has 2 aromatic heterocycles. The molecule has 8 nitrogen and oxygen atoms in total. The van der Waals surface area contributed by atoms with Crippen molar-refractivity contribution in [3.8, 4) is 11.5 Å². The normalized spacial score (nSPS) is 22.5. The number of piperidine rings is 1. The van der Waals surface area contributed by atoms with Gasteiger partial charge >= 0.3 is 0 Å². The van der Waals surface area contributed by atoms with Crippen LogP contribution in [0.25, 0.3) is 10.2 Å². The average molecular weight is 504 g/mol. The number of fused-ring (bicyclic) bond motifs is 2. The van der Waals surface area contributed by atoms with Crippen molar-refractivity contribution in [3.05, 3.63) is 53.7 Å². The molecule has 2 aliphatic heterocycles. The summed E-state index contributed by atoms with van der Waals surface area (Å²) in [5.41, 5.74) is 2.93. The molecule has 1 saturated heterocycles. The van der Waals surface area contributed by atoms with Crippen LogP contribution < -0.4 is 14.4 Å². The van der Waals surface area contributed by atoms with Gasteiger partial charge in [-0.05, 0) is 55.3 Å². The lowest BCUT2D eigenvalue weighted by Crippen LogP contribution is -2.52. The molecule has 1 amide bonds. The molecule has 6 rings (SSSR count). The summed E-state index contributed by atoms with van der Waals surface area (Å²) in [7, 11) is 3.27. The maximum absolute atomic E-state index is 13.7. The molecule has 0 N–H and O–H groups in total. The van der Waals surface area contributed by atoms with E-state index in [4.69, 9.17) is 14.6 Å². The highest BCUT2D eigenvalue weighted by Crippen LogP contribution is 2.39. The maximum atomic E-state index is 13.7.